The number of anilines is 1. The number of benzene rings is 1. The van der Waals surface area contributed by atoms with Crippen molar-refractivity contribution in [1.29, 1.82) is 5.41 Å². The number of rotatable bonds is 1. The monoisotopic (exact) mass is 260 g/mol. The van der Waals surface area contributed by atoms with Crippen molar-refractivity contribution in [3.8, 4) is 0 Å². The average molecular weight is 260 g/mol. The number of H-pyrrole nitrogens is 1. The van der Waals surface area contributed by atoms with E-state index in [0.717, 1.165) is 21.7 Å². The van der Waals surface area contributed by atoms with Crippen LogP contribution in [0.4, 0.5) is 5.82 Å². The Morgan fingerprint density at radius 2 is 2.00 bits per heavy atom. The molecule has 0 unspecified atom stereocenters. The highest BCUT2D eigenvalue weighted by atomic mass is 32.1. The van der Waals surface area contributed by atoms with Crippen LogP contribution in [0, 0.1) is 9.36 Å². The highest BCUT2D eigenvalue weighted by Crippen LogP contribution is 2.28. The van der Waals surface area contributed by atoms with Gasteiger partial charge in [-0.15, -0.1) is 11.3 Å². The lowest BCUT2D eigenvalue weighted by Crippen LogP contribution is -2.01. The summed E-state index contributed by atoms with van der Waals surface area (Å²) in [5.74, 6) is 0.789. The number of aliphatic imine (C=N–C) groups is 1. The maximum absolute atomic E-state index is 7.83. The van der Waals surface area contributed by atoms with Gasteiger partial charge in [0.2, 0.25) is 0 Å². The summed E-state index contributed by atoms with van der Waals surface area (Å²) >= 11 is 6.44. The van der Waals surface area contributed by atoms with Crippen molar-refractivity contribution < 1.29 is 0 Å². The van der Waals surface area contributed by atoms with Gasteiger partial charge in [0.1, 0.15) is 5.82 Å². The minimum Gasteiger partial charge on any atom is -0.384 e. The predicted molar refractivity (Wildman–Crippen MR) is 72.8 cm³/mol. The molecule has 1 aromatic carbocycles. The number of thiazole rings is 1. The first-order chi connectivity index (χ1) is 8.16. The van der Waals surface area contributed by atoms with E-state index in [9.17, 15) is 0 Å². The summed E-state index contributed by atoms with van der Waals surface area (Å²) in [4.78, 5) is 7.96. The Morgan fingerprint density at radius 1 is 1.29 bits per heavy atom. The van der Waals surface area contributed by atoms with Gasteiger partial charge in [-0.3, -0.25) is 5.41 Å². The molecule has 0 spiro atoms. The van der Waals surface area contributed by atoms with Crippen molar-refractivity contribution in [2.45, 2.75) is 0 Å². The number of aromatic nitrogens is 1. The minimum atomic E-state index is 0.273. The van der Waals surface area contributed by atoms with Gasteiger partial charge in [-0.05, 0) is 12.2 Å². The normalized spacial score (nSPS) is 13.6. The van der Waals surface area contributed by atoms with Crippen LogP contribution in [0.2, 0.25) is 0 Å². The fraction of sp³-hybridized carbons (Fsp3) is 0. The van der Waals surface area contributed by atoms with Gasteiger partial charge in [-0.1, -0.05) is 24.3 Å². The standard InChI is InChI=1S/C11H8N4S2/c12-9-6-4-2-1-3-5(6)7(14-9)8-10(13)15-11(16)17-8/h1-4,12H,13H2,(H,15,16). The van der Waals surface area contributed by atoms with E-state index < -0.39 is 0 Å². The van der Waals surface area contributed by atoms with E-state index in [1.807, 2.05) is 24.3 Å². The summed E-state index contributed by atoms with van der Waals surface area (Å²) in [6.07, 6.45) is 0. The molecule has 2 heterocycles. The molecule has 0 saturated heterocycles. The highest BCUT2D eigenvalue weighted by Gasteiger charge is 2.23. The molecule has 0 fully saturated rings. The molecule has 3 rings (SSSR count). The summed E-state index contributed by atoms with van der Waals surface area (Å²) in [5.41, 5.74) is 8.37. The van der Waals surface area contributed by atoms with Gasteiger partial charge in [0.05, 0.1) is 10.6 Å². The topological polar surface area (TPSA) is 78.0 Å². The molecule has 1 aliphatic rings. The summed E-state index contributed by atoms with van der Waals surface area (Å²) in [6, 6.07) is 7.65. The molecule has 0 radical (unpaired) electrons. The van der Waals surface area contributed by atoms with Gasteiger partial charge < -0.3 is 10.7 Å². The summed E-state index contributed by atoms with van der Waals surface area (Å²) in [7, 11) is 0. The van der Waals surface area contributed by atoms with Crippen molar-refractivity contribution in [1.82, 2.24) is 4.98 Å². The van der Waals surface area contributed by atoms with Gasteiger partial charge in [0, 0.05) is 11.1 Å². The van der Waals surface area contributed by atoms with E-state index in [-0.39, 0.29) is 5.84 Å². The molecule has 1 aliphatic heterocycles. The van der Waals surface area contributed by atoms with Gasteiger partial charge in [0.25, 0.3) is 0 Å². The Balaban J connectivity index is 2.25. The molecular formula is C11H8N4S2. The van der Waals surface area contributed by atoms with Crippen LogP contribution < -0.4 is 5.73 Å². The number of nitrogens with one attached hydrogen (secondary N) is 2. The average Bonchev–Trinajstić information content (AvgIpc) is 2.80. The third-order valence-corrected chi connectivity index (χ3v) is 3.81. The molecule has 0 atom stereocenters. The van der Waals surface area contributed by atoms with E-state index in [2.05, 4.69) is 9.98 Å². The number of fused-ring (bicyclic) bond motifs is 1. The van der Waals surface area contributed by atoms with Crippen molar-refractivity contribution >= 4 is 40.9 Å². The zero-order valence-corrected chi connectivity index (χ0v) is 10.3. The van der Waals surface area contributed by atoms with Crippen LogP contribution in [-0.2, 0) is 0 Å². The predicted octanol–water partition coefficient (Wildman–Crippen LogP) is 2.56. The van der Waals surface area contributed by atoms with Crippen LogP contribution in [0.15, 0.2) is 29.3 Å². The lowest BCUT2D eigenvalue weighted by molar-refractivity contribution is 1.40. The Kier molecular flexibility index (Phi) is 2.20. The van der Waals surface area contributed by atoms with E-state index in [0.29, 0.717) is 9.77 Å². The summed E-state index contributed by atoms with van der Waals surface area (Å²) in [6.45, 7) is 0. The second kappa shape index (κ2) is 3.61. The second-order valence-electron chi connectivity index (χ2n) is 3.61. The second-order valence-corrected chi connectivity index (χ2v) is 5.30. The molecule has 6 heteroatoms. The first-order valence-corrected chi connectivity index (χ1v) is 6.15. The van der Waals surface area contributed by atoms with Gasteiger partial charge in [0.15, 0.2) is 9.79 Å². The zero-order chi connectivity index (χ0) is 12.0. The Labute approximate surface area is 106 Å². The third-order valence-electron chi connectivity index (χ3n) is 2.55. The molecular weight excluding hydrogens is 252 g/mol. The smallest absolute Gasteiger partial charge is 0.160 e. The summed E-state index contributed by atoms with van der Waals surface area (Å²) in [5, 5.41) is 7.83. The van der Waals surface area contributed by atoms with E-state index in [1.54, 1.807) is 0 Å². The number of nitrogens with two attached hydrogens (primary N) is 1. The lowest BCUT2D eigenvalue weighted by Gasteiger charge is -2.00. The van der Waals surface area contributed by atoms with Crippen LogP contribution in [-0.4, -0.2) is 16.5 Å². The molecule has 2 aromatic rings. The van der Waals surface area contributed by atoms with Crippen molar-refractivity contribution in [2.24, 2.45) is 4.99 Å². The van der Waals surface area contributed by atoms with Crippen LogP contribution in [0.1, 0.15) is 16.0 Å². The van der Waals surface area contributed by atoms with Gasteiger partial charge in [-0.2, -0.15) is 0 Å². The van der Waals surface area contributed by atoms with Crippen LogP contribution in [0.25, 0.3) is 0 Å². The van der Waals surface area contributed by atoms with E-state index in [1.165, 1.54) is 11.3 Å². The molecule has 1 aromatic heterocycles. The number of amidine groups is 1. The maximum Gasteiger partial charge on any atom is 0.160 e. The Bertz CT molecular complexity index is 708. The maximum atomic E-state index is 7.83. The van der Waals surface area contributed by atoms with Gasteiger partial charge in [-0.25, -0.2) is 4.99 Å². The molecule has 84 valence electrons. The molecule has 0 amide bonds. The Hall–Kier alpha value is -1.79. The Morgan fingerprint density at radius 3 is 2.65 bits per heavy atom. The number of aromatic amines is 1. The number of nitrogens with zero attached hydrogens (tertiary/aromatic N) is 1. The fourth-order valence-corrected chi connectivity index (χ4v) is 2.94. The zero-order valence-electron chi connectivity index (χ0n) is 8.65. The van der Waals surface area contributed by atoms with Crippen molar-refractivity contribution in [2.75, 3.05) is 5.73 Å². The number of nitrogen functional groups attached to an aromatic ring is 1. The molecule has 0 bridgehead atoms. The first kappa shape index (κ1) is 10.4. The highest BCUT2D eigenvalue weighted by molar-refractivity contribution is 7.73. The first-order valence-electron chi connectivity index (χ1n) is 4.93. The summed E-state index contributed by atoms with van der Waals surface area (Å²) < 4.78 is 0.621. The number of hydrogen-bond acceptors (Lipinski definition) is 4. The molecule has 0 saturated carbocycles. The molecule has 0 aliphatic carbocycles. The molecule has 4 N–H and O–H groups in total. The van der Waals surface area contributed by atoms with Crippen molar-refractivity contribution in [3.05, 3.63) is 44.2 Å². The SMILES string of the molecule is N=C1N=C(c2sc(=S)[nH]c2N)c2ccccc21. The number of hydrogen-bond donors (Lipinski definition) is 3. The lowest BCUT2D eigenvalue weighted by atomic mass is 10.0. The van der Waals surface area contributed by atoms with Crippen LogP contribution in [0.5, 0.6) is 0 Å². The quantitative estimate of drug-likeness (QED) is 0.689. The van der Waals surface area contributed by atoms with Gasteiger partial charge >= 0.3 is 0 Å². The largest absolute Gasteiger partial charge is 0.384 e. The van der Waals surface area contributed by atoms with Crippen molar-refractivity contribution in [3.63, 3.8) is 0 Å². The fourth-order valence-electron chi connectivity index (χ4n) is 1.82. The van der Waals surface area contributed by atoms with E-state index >= 15 is 0 Å². The third kappa shape index (κ3) is 1.53. The molecule has 17 heavy (non-hydrogen) atoms. The van der Waals surface area contributed by atoms with Crippen LogP contribution in [0.3, 0.4) is 0 Å². The minimum absolute atomic E-state index is 0.273. The van der Waals surface area contributed by atoms with Crippen LogP contribution >= 0.6 is 23.6 Å². The van der Waals surface area contributed by atoms with E-state index in [4.69, 9.17) is 23.4 Å². The molecule has 4 nitrogen and oxygen atoms in total.